The van der Waals surface area contributed by atoms with Gasteiger partial charge >= 0.3 is 236 Å². The van der Waals surface area contributed by atoms with E-state index in [9.17, 15) is 93.1 Å². The average Bonchev–Trinajstić information content (AvgIpc) is 3.23. The maximum absolute atomic E-state index is 13.0. The van der Waals surface area contributed by atoms with Gasteiger partial charge in [-0.25, -0.2) is 5.09 Å². The molecule has 0 spiro atoms. The van der Waals surface area contributed by atoms with Gasteiger partial charge in [0.2, 0.25) is 19.6 Å². The molecule has 0 aliphatic carbocycles. The van der Waals surface area contributed by atoms with Crippen molar-refractivity contribution in [1.82, 2.24) is 40.6 Å². The minimum Gasteiger partial charge on any atom is -0.766 e. The van der Waals surface area contributed by atoms with Crippen LogP contribution in [-0.2, 0) is 58.7 Å². The number of carboxylic acid groups (broad SMARTS) is 7. The molecule has 28 nitrogen and oxygen atoms in total. The SMILES string of the molecule is O=C([O-])CC[C@H](NP(=O)([O-])OCCC(NC(=O)CC[C@H](NC(=O)c1ccc(CCNC(=O)CN2CCN(CC(=O)[O-])CCN(CC(=O)[O-])CCN(CC(=O)[O-])CC2)cc1)C(=O)[O-])C(=O)[O-])C(=O)[O-].[Na+].[Na+].[Na+].[Na+].[Na+].[Na+].[Na+].[Na+]. The zero-order chi connectivity index (χ0) is 51.0. The fourth-order valence-electron chi connectivity index (χ4n) is 6.48. The van der Waals surface area contributed by atoms with E-state index in [0.717, 1.165) is 0 Å². The minimum absolute atomic E-state index is 0. The summed E-state index contributed by atoms with van der Waals surface area (Å²) < 4.78 is 16.6. The molecule has 3 amide bonds. The number of carboxylic acids is 7. The first kappa shape index (κ1) is 91.6. The fraction of sp³-hybridized carbons (Fsp3) is 0.590. The topological polar surface area (TPSA) is 443 Å². The molecule has 0 bridgehead atoms. The van der Waals surface area contributed by atoms with Gasteiger partial charge in [0.25, 0.3) is 5.91 Å². The van der Waals surface area contributed by atoms with Gasteiger partial charge < -0.3 is 94.7 Å². The molecule has 1 heterocycles. The summed E-state index contributed by atoms with van der Waals surface area (Å²) in [7, 11) is -5.22. The first-order valence-corrected chi connectivity index (χ1v) is 22.5. The summed E-state index contributed by atoms with van der Waals surface area (Å²) in [5, 5.41) is 87.6. The van der Waals surface area contributed by atoms with Crippen molar-refractivity contribution in [3.05, 3.63) is 35.4 Å². The molecule has 1 saturated heterocycles. The molecule has 2 rings (SSSR count). The Morgan fingerprint density at radius 2 is 0.882 bits per heavy atom. The normalized spacial score (nSPS) is 15.1. The summed E-state index contributed by atoms with van der Waals surface area (Å²) in [6.45, 7) is -1.15. The van der Waals surface area contributed by atoms with Crippen LogP contribution in [0.1, 0.15) is 48.0 Å². The molecule has 37 heteroatoms. The molecule has 1 aromatic rings. The van der Waals surface area contributed by atoms with Gasteiger partial charge in [-0.1, -0.05) is 12.1 Å². The summed E-state index contributed by atoms with van der Waals surface area (Å²) in [5.74, 6) is -13.8. The Balaban J connectivity index is -0.00000119. The Kier molecular flexibility index (Phi) is 60.5. The van der Waals surface area contributed by atoms with E-state index in [1.807, 2.05) is 5.32 Å². The second kappa shape index (κ2) is 50.2. The van der Waals surface area contributed by atoms with E-state index >= 15 is 0 Å². The summed E-state index contributed by atoms with van der Waals surface area (Å²) >= 11 is 0. The molecule has 76 heavy (non-hydrogen) atoms. The van der Waals surface area contributed by atoms with Crippen LogP contribution in [0.15, 0.2) is 24.3 Å². The third kappa shape index (κ3) is 42.6. The molecule has 4 N–H and O–H groups in total. The van der Waals surface area contributed by atoms with Gasteiger partial charge in [-0.15, -0.1) is 0 Å². The van der Waals surface area contributed by atoms with Crippen LogP contribution in [0.5, 0.6) is 0 Å². The number of carbonyl (C=O) groups is 10. The van der Waals surface area contributed by atoms with Crippen LogP contribution in [0.2, 0.25) is 0 Å². The summed E-state index contributed by atoms with van der Waals surface area (Å²) in [6, 6.07) is 0.0892. The first-order valence-electron chi connectivity index (χ1n) is 20.9. The third-order valence-electron chi connectivity index (χ3n) is 10.1. The Labute approximate surface area is 616 Å². The third-order valence-corrected chi connectivity index (χ3v) is 11.2. The molecule has 1 aliphatic heterocycles. The van der Waals surface area contributed by atoms with Crippen LogP contribution < -0.4 is 298 Å². The van der Waals surface area contributed by atoms with Gasteiger partial charge in [0.1, 0.15) is 0 Å². The monoisotopic (exact) mass is 1170 g/mol. The zero-order valence-corrected chi connectivity index (χ0v) is 61.5. The van der Waals surface area contributed by atoms with E-state index in [0.29, 0.717) is 5.56 Å². The molecule has 1 aromatic carbocycles. The standard InChI is InChI=1S/C39H59N8O20P.8Na/c48-30(41-28(38(61)62)10-20-67-68(65,66)43-29(39(63)64)6-8-32(50)51)7-5-27(37(59)60)42-36(58)26-3-1-25(2-4-26)9-11-40-31(49)21-44-12-14-45(22-33(52)53)16-18-47(24-35(56)57)19-17-46(15-13-44)23-34(54)55;;;;;;;;/h1-4,27-29H,5-24H2,(H,40,49)(H,41,48)(H,42,58)(H,50,51)(H,52,53)(H,54,55)(H,56,57)(H,59,60)(H,61,62)(H,63,64)(H2,43,65,66);;;;;;;;/q;8*+1/p-8/t27-,28?,29-;;;;;;;;/m0......../s1. The minimum atomic E-state index is -5.22. The van der Waals surface area contributed by atoms with Gasteiger partial charge in [-0.2, -0.15) is 0 Å². The molecule has 380 valence electrons. The Bertz CT molecular complexity index is 1980. The van der Waals surface area contributed by atoms with Gasteiger partial charge in [0, 0.05) is 96.5 Å². The van der Waals surface area contributed by atoms with Crippen LogP contribution >= 0.6 is 7.75 Å². The van der Waals surface area contributed by atoms with Crippen LogP contribution in [0.4, 0.5) is 0 Å². The van der Waals surface area contributed by atoms with Crippen molar-refractivity contribution in [3.8, 4) is 0 Å². The molecule has 1 fully saturated rings. The summed E-state index contributed by atoms with van der Waals surface area (Å²) in [5.41, 5.74) is 0.630. The van der Waals surface area contributed by atoms with E-state index < -0.39 is 144 Å². The Morgan fingerprint density at radius 1 is 0.500 bits per heavy atom. The quantitative estimate of drug-likeness (QED) is 0.0427. The largest absolute Gasteiger partial charge is 1.00 e. The van der Waals surface area contributed by atoms with Crippen molar-refractivity contribution in [3.63, 3.8) is 0 Å². The Morgan fingerprint density at radius 3 is 1.26 bits per heavy atom. The fourth-order valence-corrected chi connectivity index (χ4v) is 7.52. The van der Waals surface area contributed by atoms with E-state index in [-0.39, 0.29) is 314 Å². The van der Waals surface area contributed by atoms with E-state index in [1.54, 1.807) is 4.90 Å². The van der Waals surface area contributed by atoms with Crippen molar-refractivity contribution in [1.29, 1.82) is 0 Å². The molecule has 1 aliphatic rings. The molecule has 4 atom stereocenters. The number of hydrogen-bond acceptors (Lipinski definition) is 24. The predicted octanol–water partition coefficient (Wildman–Crippen LogP) is -37.2. The predicted molar refractivity (Wildman–Crippen MR) is 211 cm³/mol. The van der Waals surface area contributed by atoms with E-state index in [2.05, 4.69) is 15.2 Å². The van der Waals surface area contributed by atoms with Crippen molar-refractivity contribution in [2.45, 2.75) is 56.7 Å². The van der Waals surface area contributed by atoms with Crippen molar-refractivity contribution in [2.24, 2.45) is 0 Å². The van der Waals surface area contributed by atoms with E-state index in [4.69, 9.17) is 0 Å². The number of hydrogen-bond donors (Lipinski definition) is 4. The number of rotatable bonds is 29. The molecule has 0 aromatic heterocycles. The number of nitrogens with one attached hydrogen (secondary N) is 4. The van der Waals surface area contributed by atoms with Crippen molar-refractivity contribution >= 4 is 67.3 Å². The van der Waals surface area contributed by atoms with Gasteiger partial charge in [0.15, 0.2) is 0 Å². The number of aliphatic carboxylic acids is 7. The van der Waals surface area contributed by atoms with Gasteiger partial charge in [-0.05, 0) is 49.8 Å². The average molecular weight is 1170 g/mol. The van der Waals surface area contributed by atoms with Crippen LogP contribution in [0.3, 0.4) is 0 Å². The van der Waals surface area contributed by atoms with Crippen molar-refractivity contribution in [2.75, 3.05) is 91.7 Å². The number of carbonyl (C=O) groups excluding carboxylic acids is 10. The molecular formula is C39H51N8Na8O20P. The second-order valence-corrected chi connectivity index (χ2v) is 16.9. The van der Waals surface area contributed by atoms with Crippen molar-refractivity contribution < 1.29 is 334 Å². The maximum Gasteiger partial charge on any atom is 1.00 e. The maximum atomic E-state index is 13.0. The Hall–Kier alpha value is 1.87. The van der Waals surface area contributed by atoms with E-state index in [1.165, 1.54) is 44.1 Å². The summed E-state index contributed by atoms with van der Waals surface area (Å²) in [4.78, 5) is 136. The molecular weight excluding hydrogens is 1120 g/mol. The van der Waals surface area contributed by atoms with Gasteiger partial charge in [0.05, 0.1) is 67.1 Å². The molecule has 0 saturated carbocycles. The van der Waals surface area contributed by atoms with Crippen LogP contribution in [0, 0.1) is 0 Å². The van der Waals surface area contributed by atoms with Crippen LogP contribution in [-0.4, -0.2) is 189 Å². The smallest absolute Gasteiger partial charge is 0.766 e. The molecule has 0 radical (unpaired) electrons. The van der Waals surface area contributed by atoms with Gasteiger partial charge in [-0.3, -0.25) is 38.5 Å². The zero-order valence-electron chi connectivity index (χ0n) is 44.6. The first-order chi connectivity index (χ1) is 31.9. The number of benzene rings is 1. The summed E-state index contributed by atoms with van der Waals surface area (Å²) in [6.07, 6.45) is -3.37. The second-order valence-electron chi connectivity index (χ2n) is 15.4. The number of amides is 3. The molecule has 2 unspecified atom stereocenters. The van der Waals surface area contributed by atoms with Crippen LogP contribution in [0.25, 0.3) is 0 Å². The number of nitrogens with zero attached hydrogens (tertiary/aromatic N) is 4.